The molecule has 1 unspecified atom stereocenters. The van der Waals surface area contributed by atoms with Crippen molar-refractivity contribution in [3.05, 3.63) is 59.9 Å². The van der Waals surface area contributed by atoms with Crippen LogP contribution in [0.3, 0.4) is 0 Å². The summed E-state index contributed by atoms with van der Waals surface area (Å²) < 4.78 is 17.0. The van der Waals surface area contributed by atoms with E-state index in [2.05, 4.69) is 13.2 Å². The van der Waals surface area contributed by atoms with Crippen LogP contribution in [0.2, 0.25) is 0 Å². The molecule has 0 amide bonds. The molecule has 1 saturated heterocycles. The predicted molar refractivity (Wildman–Crippen MR) is 96.9 cm³/mol. The number of allylic oxidation sites excluding steroid dienone is 2. The summed E-state index contributed by atoms with van der Waals surface area (Å²) in [5.41, 5.74) is 2.27. The van der Waals surface area contributed by atoms with E-state index in [0.717, 1.165) is 12.0 Å². The molecule has 2 heterocycles. The summed E-state index contributed by atoms with van der Waals surface area (Å²) in [6.45, 7) is 11.9. The van der Waals surface area contributed by atoms with Crippen molar-refractivity contribution in [1.29, 1.82) is 0 Å². The molecule has 4 atom stereocenters. The quantitative estimate of drug-likeness (QED) is 0.440. The van der Waals surface area contributed by atoms with Crippen LogP contribution in [0, 0.1) is 5.92 Å². The number of hydrogen-bond acceptors (Lipinski definition) is 5. The molecule has 2 bridgehead atoms. The second-order valence-electron chi connectivity index (χ2n) is 6.90. The first-order chi connectivity index (χ1) is 12.4. The highest BCUT2D eigenvalue weighted by Gasteiger charge is 2.44. The number of carbonyl (C=O) groups excluding carboxylic acids is 2. The summed E-state index contributed by atoms with van der Waals surface area (Å²) in [5, 5.41) is 0. The molecule has 0 aromatic rings. The second kappa shape index (κ2) is 7.36. The molecule has 1 aliphatic carbocycles. The number of esters is 2. The Morgan fingerprint density at radius 1 is 1.31 bits per heavy atom. The van der Waals surface area contributed by atoms with Crippen molar-refractivity contribution >= 4 is 11.9 Å². The average molecular weight is 356 g/mol. The van der Waals surface area contributed by atoms with Crippen molar-refractivity contribution in [2.75, 3.05) is 0 Å². The lowest BCUT2D eigenvalue weighted by Crippen LogP contribution is -2.32. The van der Waals surface area contributed by atoms with Gasteiger partial charge in [-0.05, 0) is 31.1 Å². The summed E-state index contributed by atoms with van der Waals surface area (Å²) in [6.07, 6.45) is 7.47. The van der Waals surface area contributed by atoms with E-state index >= 15 is 0 Å². The molecule has 0 aromatic heterocycles. The number of rotatable bonds is 3. The summed E-state index contributed by atoms with van der Waals surface area (Å²) >= 11 is 0. The van der Waals surface area contributed by atoms with E-state index < -0.39 is 12.1 Å². The van der Waals surface area contributed by atoms with E-state index in [0.29, 0.717) is 29.7 Å². The Balaban J connectivity index is 1.94. The van der Waals surface area contributed by atoms with Crippen molar-refractivity contribution in [2.24, 2.45) is 5.92 Å². The molecule has 3 rings (SSSR count). The number of hydrogen-bond donors (Lipinski definition) is 0. The Labute approximate surface area is 153 Å². The minimum atomic E-state index is -0.533. The number of carbonyl (C=O) groups is 2. The van der Waals surface area contributed by atoms with Gasteiger partial charge in [-0.1, -0.05) is 31.7 Å². The standard InChI is InChI=1S/C21H24O5/c1-5-6-7-19(22)26-17-9-12(2)8-16-10-15(21(23)25-16)11-18-20(17)13(3)14(4)24-18/h6-7,9-10,16-18,20H,3-5,8,11H2,1-2H3/b7-6+,12-9+/t16-,17-,18?,20+/m1/s1. The van der Waals surface area contributed by atoms with Crippen LogP contribution in [0.5, 0.6) is 0 Å². The summed E-state index contributed by atoms with van der Waals surface area (Å²) in [4.78, 5) is 24.3. The van der Waals surface area contributed by atoms with E-state index in [1.165, 1.54) is 6.08 Å². The molecule has 3 aliphatic rings. The fourth-order valence-electron chi connectivity index (χ4n) is 3.59. The van der Waals surface area contributed by atoms with Crippen LogP contribution in [0.25, 0.3) is 0 Å². The van der Waals surface area contributed by atoms with Gasteiger partial charge < -0.3 is 14.2 Å². The molecule has 5 heteroatoms. The zero-order valence-corrected chi connectivity index (χ0v) is 15.2. The Kier molecular flexibility index (Phi) is 5.16. The van der Waals surface area contributed by atoms with Crippen molar-refractivity contribution in [2.45, 2.75) is 51.4 Å². The first kappa shape index (κ1) is 18.2. The Hall–Kier alpha value is -2.56. The molecule has 0 N–H and O–H groups in total. The topological polar surface area (TPSA) is 61.8 Å². The normalized spacial score (nSPS) is 33.1. The van der Waals surface area contributed by atoms with Gasteiger partial charge in [0.05, 0.1) is 5.92 Å². The Bertz CT molecular complexity index is 740. The molecular formula is C21H24O5. The monoisotopic (exact) mass is 356 g/mol. The lowest BCUT2D eigenvalue weighted by atomic mass is 9.85. The smallest absolute Gasteiger partial charge is 0.334 e. The summed E-state index contributed by atoms with van der Waals surface area (Å²) in [7, 11) is 0. The largest absolute Gasteiger partial charge is 0.490 e. The van der Waals surface area contributed by atoms with Gasteiger partial charge in [0.1, 0.15) is 24.1 Å². The SMILES string of the molecule is C=C1OC2CC3=C[C@@H](C/C(C)=C/[C@@H](OC(=O)/C=C/CC)[C@@H]2C1=C)OC3=O. The zero-order valence-electron chi connectivity index (χ0n) is 15.2. The highest BCUT2D eigenvalue weighted by Crippen LogP contribution is 2.41. The van der Waals surface area contributed by atoms with Gasteiger partial charge in [-0.25, -0.2) is 9.59 Å². The van der Waals surface area contributed by atoms with Gasteiger partial charge in [-0.2, -0.15) is 0 Å². The van der Waals surface area contributed by atoms with Gasteiger partial charge in [0.2, 0.25) is 0 Å². The minimum absolute atomic E-state index is 0.283. The van der Waals surface area contributed by atoms with E-state index in [1.807, 2.05) is 26.0 Å². The molecule has 26 heavy (non-hydrogen) atoms. The first-order valence-corrected chi connectivity index (χ1v) is 8.90. The number of ether oxygens (including phenoxy) is 3. The van der Waals surface area contributed by atoms with Crippen LogP contribution < -0.4 is 0 Å². The van der Waals surface area contributed by atoms with Gasteiger partial charge in [-0.3, -0.25) is 0 Å². The summed E-state index contributed by atoms with van der Waals surface area (Å²) in [5.74, 6) is -0.535. The zero-order chi connectivity index (χ0) is 18.8. The van der Waals surface area contributed by atoms with Crippen LogP contribution >= 0.6 is 0 Å². The Morgan fingerprint density at radius 3 is 2.81 bits per heavy atom. The molecule has 1 fully saturated rings. The third-order valence-electron chi connectivity index (χ3n) is 4.85. The van der Waals surface area contributed by atoms with Crippen LogP contribution in [-0.4, -0.2) is 30.3 Å². The van der Waals surface area contributed by atoms with E-state index in [9.17, 15) is 9.59 Å². The van der Waals surface area contributed by atoms with Crippen molar-refractivity contribution in [3.63, 3.8) is 0 Å². The predicted octanol–water partition coefficient (Wildman–Crippen LogP) is 3.54. The van der Waals surface area contributed by atoms with Crippen molar-refractivity contribution in [3.8, 4) is 0 Å². The van der Waals surface area contributed by atoms with E-state index in [1.54, 1.807) is 6.08 Å². The maximum absolute atomic E-state index is 12.2. The van der Waals surface area contributed by atoms with Gasteiger partial charge in [0.15, 0.2) is 0 Å². The molecule has 5 nitrogen and oxygen atoms in total. The van der Waals surface area contributed by atoms with E-state index in [4.69, 9.17) is 14.2 Å². The lowest BCUT2D eigenvalue weighted by molar-refractivity contribution is -0.144. The first-order valence-electron chi connectivity index (χ1n) is 8.90. The average Bonchev–Trinajstić information content (AvgIpc) is 3.04. The number of fused-ring (bicyclic) bond motifs is 2. The lowest BCUT2D eigenvalue weighted by Gasteiger charge is -2.26. The van der Waals surface area contributed by atoms with Crippen molar-refractivity contribution in [1.82, 2.24) is 0 Å². The Morgan fingerprint density at radius 2 is 2.08 bits per heavy atom. The van der Waals surface area contributed by atoms with Crippen LogP contribution in [0.1, 0.15) is 33.1 Å². The highest BCUT2D eigenvalue weighted by molar-refractivity contribution is 5.91. The van der Waals surface area contributed by atoms with Crippen molar-refractivity contribution < 1.29 is 23.8 Å². The third-order valence-corrected chi connectivity index (χ3v) is 4.85. The van der Waals surface area contributed by atoms with Gasteiger partial charge in [-0.15, -0.1) is 0 Å². The molecule has 0 aromatic carbocycles. The van der Waals surface area contributed by atoms with Gasteiger partial charge in [0.25, 0.3) is 0 Å². The maximum atomic E-state index is 12.2. The minimum Gasteiger partial charge on any atom is -0.490 e. The molecule has 0 radical (unpaired) electrons. The summed E-state index contributed by atoms with van der Waals surface area (Å²) in [6, 6.07) is 0. The fourth-order valence-corrected chi connectivity index (χ4v) is 3.59. The van der Waals surface area contributed by atoms with Gasteiger partial charge >= 0.3 is 11.9 Å². The molecule has 0 spiro atoms. The molecule has 0 saturated carbocycles. The fraction of sp³-hybridized carbons (Fsp3) is 0.429. The molecule has 2 aliphatic heterocycles. The van der Waals surface area contributed by atoms with Crippen LogP contribution in [0.15, 0.2) is 59.9 Å². The third kappa shape index (κ3) is 3.66. The maximum Gasteiger partial charge on any atom is 0.334 e. The molecular weight excluding hydrogens is 332 g/mol. The molecule has 138 valence electrons. The second-order valence-corrected chi connectivity index (χ2v) is 6.90. The van der Waals surface area contributed by atoms with Gasteiger partial charge in [0, 0.05) is 24.5 Å². The highest BCUT2D eigenvalue weighted by atomic mass is 16.6. The van der Waals surface area contributed by atoms with Crippen LogP contribution in [0.4, 0.5) is 0 Å². The van der Waals surface area contributed by atoms with E-state index in [-0.39, 0.29) is 24.1 Å². The van der Waals surface area contributed by atoms with Crippen LogP contribution in [-0.2, 0) is 23.8 Å².